The third kappa shape index (κ3) is 4.04. The van der Waals surface area contributed by atoms with E-state index in [2.05, 4.69) is 31.1 Å². The summed E-state index contributed by atoms with van der Waals surface area (Å²) in [6, 6.07) is 14.9. The van der Waals surface area contributed by atoms with E-state index in [9.17, 15) is 4.79 Å². The molecule has 0 spiro atoms. The van der Waals surface area contributed by atoms with E-state index in [1.807, 2.05) is 42.5 Å². The van der Waals surface area contributed by atoms with Gasteiger partial charge in [0, 0.05) is 15.6 Å². The van der Waals surface area contributed by atoms with Crippen LogP contribution in [0.2, 0.25) is 0 Å². The van der Waals surface area contributed by atoms with Crippen LogP contribution in [-0.2, 0) is 0 Å². The summed E-state index contributed by atoms with van der Waals surface area (Å²) in [5.74, 6) is 1.77. The average Bonchev–Trinajstić information content (AvgIpc) is 3.09. The third-order valence-electron chi connectivity index (χ3n) is 3.31. The predicted octanol–water partition coefficient (Wildman–Crippen LogP) is 4.22. The fourth-order valence-electron chi connectivity index (χ4n) is 2.06. The zero-order valence-corrected chi connectivity index (χ0v) is 15.2. The molecule has 1 N–H and O–H groups in total. The van der Waals surface area contributed by atoms with Gasteiger partial charge in [-0.05, 0) is 36.4 Å². The fraction of sp³-hybridized carbons (Fsp3) is 0.118. The van der Waals surface area contributed by atoms with Crippen molar-refractivity contribution in [3.8, 4) is 17.1 Å². The first-order valence-corrected chi connectivity index (χ1v) is 8.92. The summed E-state index contributed by atoms with van der Waals surface area (Å²) in [7, 11) is 1.63. The van der Waals surface area contributed by atoms with Crippen LogP contribution < -0.4 is 4.74 Å². The Morgan fingerprint density at radius 3 is 2.75 bits per heavy atom. The summed E-state index contributed by atoms with van der Waals surface area (Å²) in [6.07, 6.45) is 0. The van der Waals surface area contributed by atoms with Gasteiger partial charge in [0.15, 0.2) is 11.6 Å². The van der Waals surface area contributed by atoms with Crippen LogP contribution in [-0.4, -0.2) is 33.8 Å². The summed E-state index contributed by atoms with van der Waals surface area (Å²) < 4.78 is 6.02. The van der Waals surface area contributed by atoms with E-state index in [1.54, 1.807) is 13.2 Å². The first-order valence-electron chi connectivity index (χ1n) is 7.14. The summed E-state index contributed by atoms with van der Waals surface area (Å²) in [6.45, 7) is 0. The van der Waals surface area contributed by atoms with Crippen molar-refractivity contribution >= 4 is 33.5 Å². The van der Waals surface area contributed by atoms with Gasteiger partial charge in [-0.15, -0.1) is 5.10 Å². The maximum Gasteiger partial charge on any atom is 0.209 e. The molecule has 0 fully saturated rings. The molecule has 0 saturated carbocycles. The van der Waals surface area contributed by atoms with E-state index >= 15 is 0 Å². The van der Waals surface area contributed by atoms with E-state index in [4.69, 9.17) is 4.74 Å². The Hall–Kier alpha value is -2.12. The number of hydrogen-bond acceptors (Lipinski definition) is 5. The van der Waals surface area contributed by atoms with E-state index < -0.39 is 0 Å². The van der Waals surface area contributed by atoms with Crippen molar-refractivity contribution in [3.63, 3.8) is 0 Å². The molecule has 0 unspecified atom stereocenters. The van der Waals surface area contributed by atoms with E-state index in [0.717, 1.165) is 15.8 Å². The number of nitrogens with zero attached hydrogens (tertiary/aromatic N) is 2. The van der Waals surface area contributed by atoms with Gasteiger partial charge in [0.25, 0.3) is 0 Å². The number of ether oxygens (including phenoxy) is 1. The Kier molecular flexibility index (Phi) is 5.32. The second kappa shape index (κ2) is 7.63. The van der Waals surface area contributed by atoms with Gasteiger partial charge in [-0.25, -0.2) is 4.98 Å². The molecular formula is C17H14BrN3O2S. The van der Waals surface area contributed by atoms with Crippen LogP contribution in [0.4, 0.5) is 0 Å². The molecule has 0 atom stereocenters. The second-order valence-corrected chi connectivity index (χ2v) is 6.78. The SMILES string of the molecule is COc1ccc(-c2nc(SCC(=O)c3cccc(Br)c3)n[nH]2)cc1. The van der Waals surface area contributed by atoms with Crippen LogP contribution in [0, 0.1) is 0 Å². The minimum Gasteiger partial charge on any atom is -0.497 e. The number of methoxy groups -OCH3 is 1. The highest BCUT2D eigenvalue weighted by atomic mass is 79.9. The number of aromatic amines is 1. The number of halogens is 1. The topological polar surface area (TPSA) is 67.9 Å². The third-order valence-corrected chi connectivity index (χ3v) is 4.65. The van der Waals surface area contributed by atoms with Gasteiger partial charge >= 0.3 is 0 Å². The van der Waals surface area contributed by atoms with Gasteiger partial charge in [0.1, 0.15) is 5.75 Å². The molecule has 0 bridgehead atoms. The predicted molar refractivity (Wildman–Crippen MR) is 97.6 cm³/mol. The van der Waals surface area contributed by atoms with Crippen molar-refractivity contribution in [3.05, 3.63) is 58.6 Å². The Morgan fingerprint density at radius 1 is 1.25 bits per heavy atom. The van der Waals surface area contributed by atoms with Crippen molar-refractivity contribution in [2.75, 3.05) is 12.9 Å². The summed E-state index contributed by atoms with van der Waals surface area (Å²) in [5.41, 5.74) is 1.58. The van der Waals surface area contributed by atoms with Crippen LogP contribution in [0.25, 0.3) is 11.4 Å². The van der Waals surface area contributed by atoms with E-state index in [1.165, 1.54) is 11.8 Å². The standard InChI is InChI=1S/C17H14BrN3O2S/c1-23-14-7-5-11(6-8-14)16-19-17(21-20-16)24-10-15(22)12-3-2-4-13(18)9-12/h2-9H,10H2,1H3,(H,19,20,21). The molecule has 3 aromatic rings. The number of carbonyl (C=O) groups is 1. The van der Waals surface area contributed by atoms with Gasteiger partial charge in [-0.3, -0.25) is 9.89 Å². The molecule has 7 heteroatoms. The highest BCUT2D eigenvalue weighted by molar-refractivity contribution is 9.10. The highest BCUT2D eigenvalue weighted by Gasteiger charge is 2.11. The number of benzene rings is 2. The number of carbonyl (C=O) groups excluding carboxylic acids is 1. The number of H-pyrrole nitrogens is 1. The Morgan fingerprint density at radius 2 is 2.04 bits per heavy atom. The lowest BCUT2D eigenvalue weighted by Crippen LogP contribution is -2.02. The molecule has 0 saturated heterocycles. The number of aromatic nitrogens is 3. The van der Waals surface area contributed by atoms with E-state index in [0.29, 0.717) is 16.5 Å². The summed E-state index contributed by atoms with van der Waals surface area (Å²) in [4.78, 5) is 16.6. The van der Waals surface area contributed by atoms with Gasteiger partial charge in [-0.2, -0.15) is 0 Å². The molecule has 3 rings (SSSR count). The lowest BCUT2D eigenvalue weighted by molar-refractivity contribution is 0.102. The van der Waals surface area contributed by atoms with Gasteiger partial charge in [-0.1, -0.05) is 39.8 Å². The van der Waals surface area contributed by atoms with Crippen molar-refractivity contribution in [2.45, 2.75) is 5.16 Å². The van der Waals surface area contributed by atoms with Crippen LogP contribution in [0.3, 0.4) is 0 Å². The fourth-order valence-corrected chi connectivity index (χ4v) is 3.16. The second-order valence-electron chi connectivity index (χ2n) is 4.92. The lowest BCUT2D eigenvalue weighted by Gasteiger charge is -2.00. The molecule has 0 aliphatic carbocycles. The van der Waals surface area contributed by atoms with Crippen molar-refractivity contribution in [1.29, 1.82) is 0 Å². The monoisotopic (exact) mass is 403 g/mol. The van der Waals surface area contributed by atoms with E-state index in [-0.39, 0.29) is 11.5 Å². The smallest absolute Gasteiger partial charge is 0.209 e. The number of hydrogen-bond donors (Lipinski definition) is 1. The molecule has 5 nitrogen and oxygen atoms in total. The molecule has 1 aromatic heterocycles. The lowest BCUT2D eigenvalue weighted by atomic mass is 10.2. The first kappa shape index (κ1) is 16.7. The maximum atomic E-state index is 12.2. The van der Waals surface area contributed by atoms with Crippen molar-refractivity contribution < 1.29 is 9.53 Å². The van der Waals surface area contributed by atoms with Gasteiger partial charge in [0.2, 0.25) is 5.16 Å². The zero-order valence-electron chi connectivity index (χ0n) is 12.8. The van der Waals surface area contributed by atoms with Crippen LogP contribution in [0.1, 0.15) is 10.4 Å². The largest absolute Gasteiger partial charge is 0.497 e. The molecule has 0 aliphatic rings. The van der Waals surface area contributed by atoms with Crippen molar-refractivity contribution in [1.82, 2.24) is 15.2 Å². The summed E-state index contributed by atoms with van der Waals surface area (Å²) >= 11 is 4.68. The van der Waals surface area contributed by atoms with Crippen LogP contribution in [0.5, 0.6) is 5.75 Å². The highest BCUT2D eigenvalue weighted by Crippen LogP contribution is 2.22. The van der Waals surface area contributed by atoms with Gasteiger partial charge < -0.3 is 4.74 Å². The number of thioether (sulfide) groups is 1. The molecule has 0 aliphatic heterocycles. The Balaban J connectivity index is 1.64. The van der Waals surface area contributed by atoms with Crippen molar-refractivity contribution in [2.24, 2.45) is 0 Å². The van der Waals surface area contributed by atoms with Gasteiger partial charge in [0.05, 0.1) is 12.9 Å². The molecule has 122 valence electrons. The zero-order chi connectivity index (χ0) is 16.9. The number of Topliss-reactive ketones (excluding diaryl/α,β-unsaturated/α-hetero) is 1. The molecular weight excluding hydrogens is 390 g/mol. The minimum absolute atomic E-state index is 0.0390. The number of rotatable bonds is 6. The summed E-state index contributed by atoms with van der Waals surface area (Å²) in [5, 5.41) is 7.59. The maximum absolute atomic E-state index is 12.2. The first-order chi connectivity index (χ1) is 11.7. The number of nitrogens with one attached hydrogen (secondary N) is 1. The van der Waals surface area contributed by atoms with Crippen LogP contribution >= 0.6 is 27.7 Å². The molecule has 1 heterocycles. The Labute approximate surface area is 152 Å². The minimum atomic E-state index is 0.0390. The average molecular weight is 404 g/mol. The molecule has 0 radical (unpaired) electrons. The quantitative estimate of drug-likeness (QED) is 0.492. The number of ketones is 1. The van der Waals surface area contributed by atoms with Crippen LogP contribution in [0.15, 0.2) is 58.2 Å². The molecule has 2 aromatic carbocycles. The Bertz CT molecular complexity index is 849. The molecule has 0 amide bonds. The normalized spacial score (nSPS) is 10.6. The molecule has 24 heavy (non-hydrogen) atoms.